The van der Waals surface area contributed by atoms with Crippen molar-refractivity contribution >= 4 is 0 Å². The highest BCUT2D eigenvalue weighted by Crippen LogP contribution is 2.36. The molecule has 1 heteroatoms. The van der Waals surface area contributed by atoms with Gasteiger partial charge >= 0.3 is 0 Å². The average Bonchev–Trinajstić information content (AvgIpc) is 2.56. The van der Waals surface area contributed by atoms with E-state index in [4.69, 9.17) is 4.74 Å². The number of rotatable bonds is 7. The monoisotopic (exact) mass is 298 g/mol. The number of benzene rings is 1. The average molecular weight is 298 g/mol. The van der Waals surface area contributed by atoms with Gasteiger partial charge in [-0.05, 0) is 62.0 Å². The molecule has 0 radical (unpaired) electrons. The van der Waals surface area contributed by atoms with E-state index in [0.717, 1.165) is 18.3 Å². The Hall–Kier alpha value is -1.34. The smallest absolute Gasteiger partial charge is 0.0721 e. The third kappa shape index (κ3) is 5.46. The minimum absolute atomic E-state index is 0.711. The van der Waals surface area contributed by atoms with Crippen molar-refractivity contribution in [3.8, 4) is 0 Å². The molecule has 0 aliphatic heterocycles. The molecule has 0 amide bonds. The molecular formula is C21H30O. The van der Waals surface area contributed by atoms with Crippen LogP contribution in [0.15, 0.2) is 48.6 Å². The minimum Gasteiger partial charge on any atom is -0.373 e. The molecule has 1 saturated carbocycles. The largest absolute Gasteiger partial charge is 0.373 e. The predicted molar refractivity (Wildman–Crippen MR) is 95.0 cm³/mol. The van der Waals surface area contributed by atoms with Gasteiger partial charge in [0.25, 0.3) is 0 Å². The van der Waals surface area contributed by atoms with E-state index in [0.29, 0.717) is 13.2 Å². The molecular weight excluding hydrogens is 268 g/mol. The van der Waals surface area contributed by atoms with Crippen LogP contribution in [0.5, 0.6) is 0 Å². The van der Waals surface area contributed by atoms with Crippen LogP contribution in [0.3, 0.4) is 0 Å². The van der Waals surface area contributed by atoms with Gasteiger partial charge in [0, 0.05) is 0 Å². The fraction of sp³-hybridized carbons (Fsp3) is 0.524. The van der Waals surface area contributed by atoms with E-state index >= 15 is 0 Å². The molecule has 1 fully saturated rings. The third-order valence-corrected chi connectivity index (χ3v) is 4.57. The number of ether oxygens (including phenoxy) is 1. The third-order valence-electron chi connectivity index (χ3n) is 4.57. The molecule has 1 nitrogen and oxygen atoms in total. The maximum Gasteiger partial charge on any atom is 0.0721 e. The summed E-state index contributed by atoms with van der Waals surface area (Å²) in [5, 5.41) is 0. The highest BCUT2D eigenvalue weighted by atomic mass is 16.5. The molecule has 0 spiro atoms. The first-order valence-electron chi connectivity index (χ1n) is 8.77. The van der Waals surface area contributed by atoms with Gasteiger partial charge in [0.05, 0.1) is 13.2 Å². The van der Waals surface area contributed by atoms with Crippen molar-refractivity contribution in [2.24, 2.45) is 5.92 Å². The van der Waals surface area contributed by atoms with E-state index in [9.17, 15) is 0 Å². The molecule has 0 unspecified atom stereocenters. The first-order valence-corrected chi connectivity index (χ1v) is 8.77. The molecule has 1 aromatic carbocycles. The highest BCUT2D eigenvalue weighted by Gasteiger charge is 2.20. The zero-order valence-corrected chi connectivity index (χ0v) is 14.1. The Morgan fingerprint density at radius 1 is 1.05 bits per heavy atom. The fourth-order valence-corrected chi connectivity index (χ4v) is 3.28. The van der Waals surface area contributed by atoms with Gasteiger partial charge in [-0.1, -0.05) is 55.5 Å². The lowest BCUT2D eigenvalue weighted by atomic mass is 9.78. The first-order chi connectivity index (χ1) is 10.8. The summed E-state index contributed by atoms with van der Waals surface area (Å²) in [6, 6.07) is 9.08. The fourth-order valence-electron chi connectivity index (χ4n) is 3.28. The van der Waals surface area contributed by atoms with E-state index in [1.165, 1.54) is 36.8 Å². The molecule has 0 saturated heterocycles. The van der Waals surface area contributed by atoms with Crippen LogP contribution in [-0.4, -0.2) is 6.61 Å². The second-order valence-electron chi connectivity index (χ2n) is 6.27. The zero-order valence-electron chi connectivity index (χ0n) is 14.1. The SMILES string of the molecule is CC=CC1CCC(c2ccc(COCC=CCC)cc2)CC1. The Bertz CT molecular complexity index is 461. The quantitative estimate of drug-likeness (QED) is 0.442. The van der Waals surface area contributed by atoms with Crippen molar-refractivity contribution in [1.29, 1.82) is 0 Å². The first kappa shape index (κ1) is 17.0. The van der Waals surface area contributed by atoms with E-state index in [1.807, 2.05) is 0 Å². The normalized spacial score (nSPS) is 22.6. The van der Waals surface area contributed by atoms with Gasteiger partial charge in [-0.15, -0.1) is 0 Å². The summed E-state index contributed by atoms with van der Waals surface area (Å²) in [7, 11) is 0. The van der Waals surface area contributed by atoms with Gasteiger partial charge in [-0.3, -0.25) is 0 Å². The van der Waals surface area contributed by atoms with Crippen molar-refractivity contribution < 1.29 is 4.74 Å². The van der Waals surface area contributed by atoms with Gasteiger partial charge in [-0.25, -0.2) is 0 Å². The van der Waals surface area contributed by atoms with E-state index in [-0.39, 0.29) is 0 Å². The van der Waals surface area contributed by atoms with Crippen LogP contribution in [0.1, 0.15) is 63.0 Å². The van der Waals surface area contributed by atoms with Crippen molar-refractivity contribution in [2.75, 3.05) is 6.61 Å². The van der Waals surface area contributed by atoms with E-state index in [1.54, 1.807) is 0 Å². The lowest BCUT2D eigenvalue weighted by Crippen LogP contribution is -2.11. The molecule has 1 aromatic rings. The summed E-state index contributed by atoms with van der Waals surface area (Å²) in [5.41, 5.74) is 2.78. The van der Waals surface area contributed by atoms with Crippen LogP contribution < -0.4 is 0 Å². The van der Waals surface area contributed by atoms with Gasteiger partial charge < -0.3 is 4.74 Å². The lowest BCUT2D eigenvalue weighted by Gasteiger charge is -2.27. The predicted octanol–water partition coefficient (Wildman–Crippen LogP) is 6.02. The number of hydrogen-bond donors (Lipinski definition) is 0. The summed E-state index contributed by atoms with van der Waals surface area (Å²) in [6.45, 7) is 5.69. The van der Waals surface area contributed by atoms with Crippen LogP contribution in [0.25, 0.3) is 0 Å². The minimum atomic E-state index is 0.711. The van der Waals surface area contributed by atoms with Gasteiger partial charge in [0.15, 0.2) is 0 Å². The summed E-state index contributed by atoms with van der Waals surface area (Å²) < 4.78 is 5.65. The zero-order chi connectivity index (χ0) is 15.6. The van der Waals surface area contributed by atoms with Crippen molar-refractivity contribution in [2.45, 2.75) is 58.5 Å². The maximum atomic E-state index is 5.65. The second kappa shape index (κ2) is 9.63. The molecule has 1 aliphatic rings. The van der Waals surface area contributed by atoms with Crippen LogP contribution >= 0.6 is 0 Å². The number of allylic oxidation sites excluding steroid dienone is 3. The van der Waals surface area contributed by atoms with Crippen molar-refractivity contribution in [1.82, 2.24) is 0 Å². The molecule has 0 aromatic heterocycles. The molecule has 0 atom stereocenters. The second-order valence-corrected chi connectivity index (χ2v) is 6.27. The van der Waals surface area contributed by atoms with Crippen LogP contribution in [0, 0.1) is 5.92 Å². The summed E-state index contributed by atoms with van der Waals surface area (Å²) in [5.74, 6) is 1.56. The van der Waals surface area contributed by atoms with E-state index in [2.05, 4.69) is 62.4 Å². The Balaban J connectivity index is 1.78. The van der Waals surface area contributed by atoms with Crippen LogP contribution in [-0.2, 0) is 11.3 Å². The molecule has 2 rings (SSSR count). The Labute approximate surface area is 136 Å². The highest BCUT2D eigenvalue weighted by molar-refractivity contribution is 5.25. The Morgan fingerprint density at radius 2 is 1.77 bits per heavy atom. The van der Waals surface area contributed by atoms with Crippen LogP contribution in [0.2, 0.25) is 0 Å². The Morgan fingerprint density at radius 3 is 2.41 bits per heavy atom. The molecule has 0 heterocycles. The summed E-state index contributed by atoms with van der Waals surface area (Å²) >= 11 is 0. The van der Waals surface area contributed by atoms with Gasteiger partial charge in [0.1, 0.15) is 0 Å². The number of hydrogen-bond acceptors (Lipinski definition) is 1. The molecule has 0 N–H and O–H groups in total. The topological polar surface area (TPSA) is 9.23 Å². The molecule has 1 aliphatic carbocycles. The Kier molecular flexibility index (Phi) is 7.45. The van der Waals surface area contributed by atoms with Gasteiger partial charge in [-0.2, -0.15) is 0 Å². The van der Waals surface area contributed by atoms with E-state index < -0.39 is 0 Å². The lowest BCUT2D eigenvalue weighted by molar-refractivity contribution is 0.148. The van der Waals surface area contributed by atoms with Crippen molar-refractivity contribution in [3.05, 3.63) is 59.7 Å². The van der Waals surface area contributed by atoms with Crippen molar-refractivity contribution in [3.63, 3.8) is 0 Å². The van der Waals surface area contributed by atoms with Crippen LogP contribution in [0.4, 0.5) is 0 Å². The standard InChI is InChI=1S/C21H30O/c1-3-5-6-16-22-17-19-10-14-21(15-11-19)20-12-8-18(7-4-2)9-13-20/h4-7,10-11,14-15,18,20H,3,8-9,12-13,16-17H2,1-2H3. The molecule has 120 valence electrons. The summed E-state index contributed by atoms with van der Waals surface area (Å²) in [4.78, 5) is 0. The summed E-state index contributed by atoms with van der Waals surface area (Å²) in [6.07, 6.45) is 15.2. The molecule has 22 heavy (non-hydrogen) atoms. The van der Waals surface area contributed by atoms with Gasteiger partial charge in [0.2, 0.25) is 0 Å². The molecule has 0 bridgehead atoms. The maximum absolute atomic E-state index is 5.65.